The van der Waals surface area contributed by atoms with Gasteiger partial charge in [0.25, 0.3) is 0 Å². The molecule has 6 nitrogen and oxygen atoms in total. The number of hydrogen-bond donors (Lipinski definition) is 1. The molecule has 1 aromatic heterocycles. The summed E-state index contributed by atoms with van der Waals surface area (Å²) < 4.78 is 0. The number of carbonyl (C=O) groups is 2. The van der Waals surface area contributed by atoms with Crippen LogP contribution in [-0.2, 0) is 16.1 Å². The Labute approximate surface area is 199 Å². The van der Waals surface area contributed by atoms with Crippen LogP contribution < -0.4 is 5.32 Å². The minimum absolute atomic E-state index is 0.0514. The molecule has 1 aliphatic heterocycles. The summed E-state index contributed by atoms with van der Waals surface area (Å²) in [6.07, 6.45) is 1.22. The van der Waals surface area contributed by atoms with E-state index < -0.39 is 0 Å². The van der Waals surface area contributed by atoms with E-state index in [1.165, 1.54) is 0 Å². The van der Waals surface area contributed by atoms with E-state index in [2.05, 4.69) is 33.8 Å². The lowest BCUT2D eigenvalue weighted by molar-refractivity contribution is -0.129. The number of thiazole rings is 1. The molecule has 1 N–H and O–H groups in total. The zero-order valence-electron chi connectivity index (χ0n) is 19.2. The molecule has 1 atom stereocenters. The average Bonchev–Trinajstić information content (AvgIpc) is 3.46. The normalized spacial score (nSPS) is 15.9. The molecule has 172 valence electrons. The van der Waals surface area contributed by atoms with Crippen LogP contribution in [0.3, 0.4) is 0 Å². The van der Waals surface area contributed by atoms with Crippen molar-refractivity contribution in [2.24, 2.45) is 5.92 Å². The summed E-state index contributed by atoms with van der Waals surface area (Å²) in [6, 6.07) is 18.2. The van der Waals surface area contributed by atoms with Crippen molar-refractivity contribution in [1.29, 1.82) is 0 Å². The second kappa shape index (κ2) is 10.7. The fourth-order valence-corrected chi connectivity index (χ4v) is 4.86. The summed E-state index contributed by atoms with van der Waals surface area (Å²) >= 11 is 1.62. The Balaban J connectivity index is 1.32. The molecule has 33 heavy (non-hydrogen) atoms. The Bertz CT molecular complexity index is 1100. The van der Waals surface area contributed by atoms with E-state index in [0.717, 1.165) is 40.4 Å². The quantitative estimate of drug-likeness (QED) is 0.524. The molecular formula is C26H30N4O2S. The topological polar surface area (TPSA) is 65.5 Å². The molecular weight excluding hydrogens is 432 g/mol. The first-order chi connectivity index (χ1) is 16.0. The van der Waals surface area contributed by atoms with Gasteiger partial charge in [-0.1, -0.05) is 48.5 Å². The Kier molecular flexibility index (Phi) is 7.52. The fourth-order valence-electron chi connectivity index (χ4n) is 4.04. The van der Waals surface area contributed by atoms with Crippen molar-refractivity contribution in [3.05, 3.63) is 65.5 Å². The summed E-state index contributed by atoms with van der Waals surface area (Å²) in [5, 5.41) is 6.05. The lowest BCUT2D eigenvalue weighted by Crippen LogP contribution is -2.33. The van der Waals surface area contributed by atoms with Crippen molar-refractivity contribution in [3.8, 4) is 21.8 Å². The molecule has 0 bridgehead atoms. The third-order valence-electron chi connectivity index (χ3n) is 5.83. The van der Waals surface area contributed by atoms with Crippen LogP contribution in [0, 0.1) is 5.92 Å². The van der Waals surface area contributed by atoms with Crippen LogP contribution in [0.5, 0.6) is 0 Å². The first kappa shape index (κ1) is 23.1. The summed E-state index contributed by atoms with van der Waals surface area (Å²) in [5.41, 5.74) is 4.13. The van der Waals surface area contributed by atoms with Crippen molar-refractivity contribution < 1.29 is 9.59 Å². The third-order valence-corrected chi connectivity index (χ3v) is 6.72. The van der Waals surface area contributed by atoms with Gasteiger partial charge in [-0.25, -0.2) is 4.98 Å². The number of rotatable bonds is 9. The number of likely N-dealkylation sites (tertiary alicyclic amines) is 1. The SMILES string of the molecule is CN(C)CCCN1CC(C(=O)NCc2cccc(-c3nc(-c4ccccc4)cs3)c2)CC1=O. The lowest BCUT2D eigenvalue weighted by atomic mass is 10.1. The van der Waals surface area contributed by atoms with Gasteiger partial charge in [0.1, 0.15) is 5.01 Å². The molecule has 1 saturated heterocycles. The Morgan fingerprint density at radius 1 is 1.15 bits per heavy atom. The van der Waals surface area contributed by atoms with Crippen LogP contribution in [0.1, 0.15) is 18.4 Å². The second-order valence-corrected chi connectivity index (χ2v) is 9.58. The first-order valence-corrected chi connectivity index (χ1v) is 12.2. The van der Waals surface area contributed by atoms with Crippen molar-refractivity contribution >= 4 is 23.2 Å². The van der Waals surface area contributed by atoms with E-state index in [0.29, 0.717) is 26.1 Å². The number of amides is 2. The molecule has 0 spiro atoms. The number of nitrogens with one attached hydrogen (secondary N) is 1. The monoisotopic (exact) mass is 462 g/mol. The van der Waals surface area contributed by atoms with E-state index in [-0.39, 0.29) is 17.7 Å². The van der Waals surface area contributed by atoms with Gasteiger partial charge in [-0.3, -0.25) is 9.59 Å². The number of benzene rings is 2. The number of carbonyl (C=O) groups excluding carboxylic acids is 2. The Morgan fingerprint density at radius 3 is 2.73 bits per heavy atom. The van der Waals surface area contributed by atoms with Gasteiger partial charge in [0, 0.05) is 42.6 Å². The van der Waals surface area contributed by atoms with Crippen LogP contribution in [0.4, 0.5) is 0 Å². The van der Waals surface area contributed by atoms with Crippen molar-refractivity contribution in [2.75, 3.05) is 33.7 Å². The lowest BCUT2D eigenvalue weighted by Gasteiger charge is -2.18. The molecule has 0 saturated carbocycles. The summed E-state index contributed by atoms with van der Waals surface area (Å²) in [6.45, 7) is 2.60. The summed E-state index contributed by atoms with van der Waals surface area (Å²) in [5.74, 6) is -0.245. The fraction of sp³-hybridized carbons (Fsp3) is 0.346. The predicted molar refractivity (Wildman–Crippen MR) is 133 cm³/mol. The van der Waals surface area contributed by atoms with Gasteiger partial charge in [0.15, 0.2) is 0 Å². The zero-order valence-corrected chi connectivity index (χ0v) is 20.0. The molecule has 1 aliphatic rings. The van der Waals surface area contributed by atoms with Gasteiger partial charge in [0.2, 0.25) is 11.8 Å². The molecule has 3 aromatic rings. The maximum Gasteiger partial charge on any atom is 0.225 e. The number of nitrogens with zero attached hydrogens (tertiary/aromatic N) is 3. The van der Waals surface area contributed by atoms with Crippen LogP contribution >= 0.6 is 11.3 Å². The summed E-state index contributed by atoms with van der Waals surface area (Å²) in [4.78, 5) is 33.7. The maximum absolute atomic E-state index is 12.7. The van der Waals surface area contributed by atoms with Gasteiger partial charge in [-0.15, -0.1) is 11.3 Å². The van der Waals surface area contributed by atoms with E-state index >= 15 is 0 Å². The molecule has 1 fully saturated rings. The van der Waals surface area contributed by atoms with Gasteiger partial charge < -0.3 is 15.1 Å². The van der Waals surface area contributed by atoms with E-state index in [1.807, 2.05) is 55.4 Å². The number of aromatic nitrogens is 1. The second-order valence-electron chi connectivity index (χ2n) is 8.72. The average molecular weight is 463 g/mol. The van der Waals surface area contributed by atoms with Gasteiger partial charge in [-0.05, 0) is 38.7 Å². The molecule has 2 amide bonds. The standard InChI is InChI=1S/C26H30N4O2S/c1-29(2)12-7-13-30-17-22(15-24(30)31)25(32)27-16-19-8-6-11-21(14-19)26-28-23(18-33-26)20-9-4-3-5-10-20/h3-6,8-11,14,18,22H,7,12-13,15-17H2,1-2H3,(H,27,32). The Hall–Kier alpha value is -3.03. The van der Waals surface area contributed by atoms with E-state index in [9.17, 15) is 9.59 Å². The minimum Gasteiger partial charge on any atom is -0.352 e. The summed E-state index contributed by atoms with van der Waals surface area (Å²) in [7, 11) is 4.04. The molecule has 2 aromatic carbocycles. The molecule has 0 aliphatic carbocycles. The third kappa shape index (κ3) is 6.06. The molecule has 0 radical (unpaired) electrons. The van der Waals surface area contributed by atoms with Gasteiger partial charge in [0.05, 0.1) is 11.6 Å². The highest BCUT2D eigenvalue weighted by atomic mass is 32.1. The Morgan fingerprint density at radius 2 is 1.94 bits per heavy atom. The molecule has 1 unspecified atom stereocenters. The van der Waals surface area contributed by atoms with Crippen LogP contribution in [0.15, 0.2) is 60.0 Å². The largest absolute Gasteiger partial charge is 0.352 e. The minimum atomic E-state index is -0.271. The molecule has 4 rings (SSSR count). The molecule has 7 heteroatoms. The highest BCUT2D eigenvalue weighted by molar-refractivity contribution is 7.13. The highest BCUT2D eigenvalue weighted by Gasteiger charge is 2.33. The van der Waals surface area contributed by atoms with Gasteiger partial charge in [-0.2, -0.15) is 0 Å². The number of hydrogen-bond acceptors (Lipinski definition) is 5. The van der Waals surface area contributed by atoms with Crippen molar-refractivity contribution in [1.82, 2.24) is 20.1 Å². The van der Waals surface area contributed by atoms with E-state index in [4.69, 9.17) is 4.98 Å². The maximum atomic E-state index is 12.7. The van der Waals surface area contributed by atoms with Crippen LogP contribution in [0.25, 0.3) is 21.8 Å². The molecule has 2 heterocycles. The van der Waals surface area contributed by atoms with Crippen LogP contribution in [0.2, 0.25) is 0 Å². The first-order valence-electron chi connectivity index (χ1n) is 11.3. The predicted octanol–water partition coefficient (Wildman–Crippen LogP) is 3.89. The van der Waals surface area contributed by atoms with Crippen LogP contribution in [-0.4, -0.2) is 60.3 Å². The van der Waals surface area contributed by atoms with Gasteiger partial charge >= 0.3 is 0 Å². The zero-order chi connectivity index (χ0) is 23.2. The highest BCUT2D eigenvalue weighted by Crippen LogP contribution is 2.29. The van der Waals surface area contributed by atoms with Crippen molar-refractivity contribution in [3.63, 3.8) is 0 Å². The van der Waals surface area contributed by atoms with E-state index in [1.54, 1.807) is 11.3 Å². The smallest absolute Gasteiger partial charge is 0.225 e. The van der Waals surface area contributed by atoms with Crippen molar-refractivity contribution in [2.45, 2.75) is 19.4 Å².